The number of hydrogen-bond donors (Lipinski definition) is 0. The van der Waals surface area contributed by atoms with Crippen LogP contribution in [0.15, 0.2) is 30.5 Å². The van der Waals surface area contributed by atoms with E-state index in [1.807, 2.05) is 6.20 Å². The molecule has 2 heterocycles. The Kier molecular flexibility index (Phi) is 2.62. The Balaban J connectivity index is 1.83. The molecule has 1 saturated heterocycles. The Hall–Kier alpha value is -1.35. The number of benzene rings is 1. The first kappa shape index (κ1) is 9.85. The lowest BCUT2D eigenvalue weighted by Crippen LogP contribution is -2.20. The molecule has 0 atom stereocenters. The van der Waals surface area contributed by atoms with Crippen molar-refractivity contribution in [3.05, 3.63) is 30.5 Å². The molecule has 1 fully saturated rings. The largest absolute Gasteiger partial charge is 0.381 e. The molecule has 0 saturated carbocycles. The van der Waals surface area contributed by atoms with E-state index >= 15 is 0 Å². The first-order valence-corrected chi connectivity index (χ1v) is 5.92. The minimum Gasteiger partial charge on any atom is -0.381 e. The van der Waals surface area contributed by atoms with Gasteiger partial charge in [0.15, 0.2) is 0 Å². The molecule has 84 valence electrons. The van der Waals surface area contributed by atoms with E-state index < -0.39 is 0 Å². The van der Waals surface area contributed by atoms with Crippen molar-refractivity contribution in [2.24, 2.45) is 5.92 Å². The molecule has 0 spiro atoms. The first-order valence-electron chi connectivity index (χ1n) is 5.92. The highest BCUT2D eigenvalue weighted by atomic mass is 16.5. The average Bonchev–Trinajstić information content (AvgIpc) is 2.74. The van der Waals surface area contributed by atoms with Gasteiger partial charge in [0.2, 0.25) is 0 Å². The van der Waals surface area contributed by atoms with Crippen LogP contribution in [-0.2, 0) is 11.3 Å². The van der Waals surface area contributed by atoms with Gasteiger partial charge >= 0.3 is 0 Å². The van der Waals surface area contributed by atoms with E-state index in [1.54, 1.807) is 0 Å². The minimum absolute atomic E-state index is 0.719. The van der Waals surface area contributed by atoms with Crippen molar-refractivity contribution in [3.63, 3.8) is 0 Å². The molecule has 0 N–H and O–H groups in total. The van der Waals surface area contributed by atoms with Gasteiger partial charge in [-0.1, -0.05) is 18.2 Å². The molecule has 3 rings (SSSR count). The average molecular weight is 216 g/mol. The van der Waals surface area contributed by atoms with Crippen molar-refractivity contribution in [3.8, 4) is 0 Å². The van der Waals surface area contributed by atoms with E-state index in [4.69, 9.17) is 4.74 Å². The predicted octanol–water partition coefficient (Wildman–Crippen LogP) is 2.46. The zero-order chi connectivity index (χ0) is 10.8. The maximum Gasteiger partial charge on any atom is 0.0682 e. The summed E-state index contributed by atoms with van der Waals surface area (Å²) < 4.78 is 7.51. The Morgan fingerprint density at radius 3 is 2.94 bits per heavy atom. The maximum atomic E-state index is 5.38. The number of para-hydroxylation sites is 1. The van der Waals surface area contributed by atoms with Gasteiger partial charge in [0, 0.05) is 25.1 Å². The quantitative estimate of drug-likeness (QED) is 0.771. The highest BCUT2D eigenvalue weighted by molar-refractivity contribution is 5.78. The number of fused-ring (bicyclic) bond motifs is 1. The van der Waals surface area contributed by atoms with Gasteiger partial charge in [-0.3, -0.25) is 4.68 Å². The molecule has 0 radical (unpaired) electrons. The summed E-state index contributed by atoms with van der Waals surface area (Å²) in [6.45, 7) is 2.84. The normalized spacial score (nSPS) is 18.0. The summed E-state index contributed by atoms with van der Waals surface area (Å²) in [5.74, 6) is 0.719. The smallest absolute Gasteiger partial charge is 0.0682 e. The molecule has 1 aromatic heterocycles. The van der Waals surface area contributed by atoms with E-state index in [0.717, 1.165) is 38.5 Å². The van der Waals surface area contributed by atoms with Crippen LogP contribution in [-0.4, -0.2) is 23.0 Å². The molecule has 3 heteroatoms. The summed E-state index contributed by atoms with van der Waals surface area (Å²) in [5, 5.41) is 5.70. The van der Waals surface area contributed by atoms with Crippen molar-refractivity contribution in [1.29, 1.82) is 0 Å². The number of rotatable bonds is 2. The standard InChI is InChI=1S/C13H16N2O/c1-2-4-13-12(3-1)9-14-15(13)10-11-5-7-16-8-6-11/h1-4,9,11H,5-8,10H2. The van der Waals surface area contributed by atoms with E-state index in [9.17, 15) is 0 Å². The first-order chi connectivity index (χ1) is 7.93. The predicted molar refractivity (Wildman–Crippen MR) is 63.3 cm³/mol. The van der Waals surface area contributed by atoms with Crippen LogP contribution >= 0.6 is 0 Å². The topological polar surface area (TPSA) is 27.1 Å². The van der Waals surface area contributed by atoms with Gasteiger partial charge < -0.3 is 4.74 Å². The summed E-state index contributed by atoms with van der Waals surface area (Å²) >= 11 is 0. The highest BCUT2D eigenvalue weighted by Gasteiger charge is 2.15. The Labute approximate surface area is 95.0 Å². The number of ether oxygens (including phenoxy) is 1. The monoisotopic (exact) mass is 216 g/mol. The van der Waals surface area contributed by atoms with E-state index in [0.29, 0.717) is 0 Å². The molecule has 2 aromatic rings. The third-order valence-electron chi connectivity index (χ3n) is 3.32. The lowest BCUT2D eigenvalue weighted by Gasteiger charge is -2.22. The van der Waals surface area contributed by atoms with Crippen LogP contribution in [0, 0.1) is 5.92 Å². The molecule has 1 aliphatic rings. The van der Waals surface area contributed by atoms with E-state index in [2.05, 4.69) is 34.0 Å². The van der Waals surface area contributed by atoms with Crippen LogP contribution in [0.4, 0.5) is 0 Å². The minimum atomic E-state index is 0.719. The van der Waals surface area contributed by atoms with Crippen molar-refractivity contribution < 1.29 is 4.74 Å². The lowest BCUT2D eigenvalue weighted by atomic mass is 10.0. The third kappa shape index (κ3) is 1.83. The molecular formula is C13H16N2O. The van der Waals surface area contributed by atoms with Crippen LogP contribution in [0.1, 0.15) is 12.8 Å². The van der Waals surface area contributed by atoms with Crippen molar-refractivity contribution >= 4 is 10.9 Å². The lowest BCUT2D eigenvalue weighted by molar-refractivity contribution is 0.0605. The number of aromatic nitrogens is 2. The third-order valence-corrected chi connectivity index (χ3v) is 3.32. The molecule has 0 unspecified atom stereocenters. The SMILES string of the molecule is c1ccc2c(c1)cnn2CC1CCOCC1. The fourth-order valence-corrected chi connectivity index (χ4v) is 2.34. The summed E-state index contributed by atoms with van der Waals surface area (Å²) in [6, 6.07) is 8.39. The van der Waals surface area contributed by atoms with Crippen LogP contribution < -0.4 is 0 Å². The highest BCUT2D eigenvalue weighted by Crippen LogP contribution is 2.20. The van der Waals surface area contributed by atoms with Crippen LogP contribution in [0.25, 0.3) is 10.9 Å². The van der Waals surface area contributed by atoms with Gasteiger partial charge in [-0.05, 0) is 24.8 Å². The summed E-state index contributed by atoms with van der Waals surface area (Å²) in [7, 11) is 0. The Morgan fingerprint density at radius 2 is 2.06 bits per heavy atom. The molecule has 1 aliphatic heterocycles. The number of nitrogens with zero attached hydrogens (tertiary/aromatic N) is 2. The van der Waals surface area contributed by atoms with Crippen molar-refractivity contribution in [2.75, 3.05) is 13.2 Å². The molecule has 16 heavy (non-hydrogen) atoms. The molecule has 1 aromatic carbocycles. The van der Waals surface area contributed by atoms with Crippen LogP contribution in [0.3, 0.4) is 0 Å². The summed E-state index contributed by atoms with van der Waals surface area (Å²) in [5.41, 5.74) is 1.24. The molecule has 0 bridgehead atoms. The molecular weight excluding hydrogens is 200 g/mol. The maximum absolute atomic E-state index is 5.38. The second-order valence-corrected chi connectivity index (χ2v) is 4.44. The number of hydrogen-bond acceptors (Lipinski definition) is 2. The van der Waals surface area contributed by atoms with Crippen molar-refractivity contribution in [2.45, 2.75) is 19.4 Å². The van der Waals surface area contributed by atoms with Gasteiger partial charge in [0.1, 0.15) is 0 Å². The Bertz CT molecular complexity index is 471. The van der Waals surface area contributed by atoms with Gasteiger partial charge in [-0.2, -0.15) is 5.10 Å². The van der Waals surface area contributed by atoms with Crippen molar-refractivity contribution in [1.82, 2.24) is 9.78 Å². The van der Waals surface area contributed by atoms with Crippen LogP contribution in [0.5, 0.6) is 0 Å². The zero-order valence-electron chi connectivity index (χ0n) is 9.30. The summed E-state index contributed by atoms with van der Waals surface area (Å²) in [6.07, 6.45) is 4.27. The molecule has 0 aliphatic carbocycles. The second-order valence-electron chi connectivity index (χ2n) is 4.44. The molecule has 0 amide bonds. The van der Waals surface area contributed by atoms with Gasteiger partial charge in [0.05, 0.1) is 11.7 Å². The second kappa shape index (κ2) is 4.26. The van der Waals surface area contributed by atoms with Gasteiger partial charge in [-0.25, -0.2) is 0 Å². The molecule has 3 nitrogen and oxygen atoms in total. The summed E-state index contributed by atoms with van der Waals surface area (Å²) in [4.78, 5) is 0. The Morgan fingerprint density at radius 1 is 1.25 bits per heavy atom. The van der Waals surface area contributed by atoms with E-state index in [1.165, 1.54) is 10.9 Å². The van der Waals surface area contributed by atoms with Crippen LogP contribution in [0.2, 0.25) is 0 Å². The van der Waals surface area contributed by atoms with Gasteiger partial charge in [-0.15, -0.1) is 0 Å². The fraction of sp³-hybridized carbons (Fsp3) is 0.462. The fourth-order valence-electron chi connectivity index (χ4n) is 2.34. The van der Waals surface area contributed by atoms with Gasteiger partial charge in [0.25, 0.3) is 0 Å². The zero-order valence-corrected chi connectivity index (χ0v) is 9.30. The van der Waals surface area contributed by atoms with E-state index in [-0.39, 0.29) is 0 Å².